The molecule has 0 aliphatic carbocycles. The van der Waals surface area contributed by atoms with Gasteiger partial charge < -0.3 is 10.8 Å². The van der Waals surface area contributed by atoms with E-state index < -0.39 is 23.9 Å². The smallest absolute Gasteiger partial charge is 0.391 e. The summed E-state index contributed by atoms with van der Waals surface area (Å²) in [5, 5.41) is 9.57. The Morgan fingerprint density at radius 2 is 1.85 bits per heavy atom. The average molecular weight is 310 g/mol. The second-order valence-electron chi connectivity index (χ2n) is 5.30. The number of hydrogen-bond acceptors (Lipinski definition) is 2. The molecule has 0 aromatic heterocycles. The van der Waals surface area contributed by atoms with Crippen molar-refractivity contribution in [1.82, 2.24) is 0 Å². The zero-order chi connectivity index (χ0) is 15.5. The van der Waals surface area contributed by atoms with Gasteiger partial charge in [-0.05, 0) is 36.5 Å². The number of nitrogens with two attached hydrogens (primary N) is 1. The fourth-order valence-electron chi connectivity index (χ4n) is 1.87. The summed E-state index contributed by atoms with van der Waals surface area (Å²) in [6.07, 6.45) is -4.20. The molecule has 3 N–H and O–H groups in total. The number of hydrogen-bond donors (Lipinski definition) is 2. The summed E-state index contributed by atoms with van der Waals surface area (Å²) in [5.74, 6) is 0.396. The molecule has 2 atom stereocenters. The molecule has 0 radical (unpaired) electrons. The van der Waals surface area contributed by atoms with Crippen molar-refractivity contribution in [3.8, 4) is 0 Å². The molecule has 1 aromatic rings. The Labute approximate surface area is 121 Å². The summed E-state index contributed by atoms with van der Waals surface area (Å²) in [7, 11) is 0. The van der Waals surface area contributed by atoms with E-state index in [4.69, 9.17) is 17.3 Å². The third-order valence-electron chi connectivity index (χ3n) is 3.14. The lowest BCUT2D eigenvalue weighted by Crippen LogP contribution is -2.27. The van der Waals surface area contributed by atoms with Crippen molar-refractivity contribution in [3.05, 3.63) is 34.3 Å². The molecule has 0 aliphatic heterocycles. The molecular weight excluding hydrogens is 291 g/mol. The third-order valence-corrected chi connectivity index (χ3v) is 3.46. The van der Waals surface area contributed by atoms with Crippen LogP contribution in [0, 0.1) is 5.92 Å². The van der Waals surface area contributed by atoms with Crippen LogP contribution in [0.5, 0.6) is 0 Å². The third kappa shape index (κ3) is 4.65. The summed E-state index contributed by atoms with van der Waals surface area (Å²) >= 11 is 5.54. The second-order valence-corrected chi connectivity index (χ2v) is 5.71. The summed E-state index contributed by atoms with van der Waals surface area (Å²) in [4.78, 5) is 0. The topological polar surface area (TPSA) is 46.2 Å². The Bertz CT molecular complexity index is 449. The van der Waals surface area contributed by atoms with Gasteiger partial charge in [-0.3, -0.25) is 0 Å². The second kappa shape index (κ2) is 6.78. The lowest BCUT2D eigenvalue weighted by molar-refractivity contribution is -0.137. The van der Waals surface area contributed by atoms with Crippen LogP contribution in [0.2, 0.25) is 5.02 Å². The average Bonchev–Trinajstić information content (AvgIpc) is 2.34. The Morgan fingerprint density at radius 1 is 1.25 bits per heavy atom. The van der Waals surface area contributed by atoms with Crippen LogP contribution < -0.4 is 5.73 Å². The van der Waals surface area contributed by atoms with Crippen LogP contribution in [-0.4, -0.2) is 11.2 Å². The zero-order valence-electron chi connectivity index (χ0n) is 11.4. The van der Waals surface area contributed by atoms with Crippen molar-refractivity contribution < 1.29 is 18.3 Å². The van der Waals surface area contributed by atoms with Crippen LogP contribution in [0.4, 0.5) is 13.2 Å². The maximum absolute atomic E-state index is 12.8. The van der Waals surface area contributed by atoms with E-state index in [1.807, 2.05) is 13.8 Å². The highest BCUT2D eigenvalue weighted by Crippen LogP contribution is 2.36. The summed E-state index contributed by atoms with van der Waals surface area (Å²) in [6, 6.07) is 2.63. The molecule has 1 rings (SSSR count). The minimum absolute atomic E-state index is 0.234. The first-order valence-electron chi connectivity index (χ1n) is 6.43. The monoisotopic (exact) mass is 309 g/mol. The van der Waals surface area contributed by atoms with Crippen LogP contribution in [0.25, 0.3) is 0 Å². The van der Waals surface area contributed by atoms with E-state index in [2.05, 4.69) is 0 Å². The molecule has 0 amide bonds. The van der Waals surface area contributed by atoms with Crippen molar-refractivity contribution in [2.45, 2.75) is 45.0 Å². The predicted octanol–water partition coefficient (Wildman–Crippen LogP) is 4.16. The van der Waals surface area contributed by atoms with Crippen molar-refractivity contribution >= 4 is 11.6 Å². The first kappa shape index (κ1) is 17.3. The molecule has 0 fully saturated rings. The highest BCUT2D eigenvalue weighted by atomic mass is 35.5. The number of rotatable bonds is 5. The molecule has 1 aromatic carbocycles. The molecule has 114 valence electrons. The summed E-state index contributed by atoms with van der Waals surface area (Å²) < 4.78 is 38.3. The number of aliphatic hydroxyl groups is 1. The lowest BCUT2D eigenvalue weighted by atomic mass is 9.95. The standard InChI is InChI=1S/C14H19ClF3NO/c1-8(2)3-6-12(20)13(19)9-4-5-11(15)10(7-9)14(16,17)18/h4-5,7-8,12-13,20H,3,6,19H2,1-2H3/t12-,13+/m0/s1. The molecule has 2 nitrogen and oxygen atoms in total. The van der Waals surface area contributed by atoms with Crippen LogP contribution >= 0.6 is 11.6 Å². The van der Waals surface area contributed by atoms with Gasteiger partial charge >= 0.3 is 6.18 Å². The lowest BCUT2D eigenvalue weighted by Gasteiger charge is -2.21. The highest BCUT2D eigenvalue weighted by molar-refractivity contribution is 6.31. The first-order valence-corrected chi connectivity index (χ1v) is 6.81. The Balaban J connectivity index is 2.91. The SMILES string of the molecule is CC(C)CC[C@H](O)[C@H](N)c1ccc(Cl)c(C(F)(F)F)c1. The minimum Gasteiger partial charge on any atom is -0.391 e. The van der Waals surface area contributed by atoms with Gasteiger partial charge in [0.2, 0.25) is 0 Å². The maximum Gasteiger partial charge on any atom is 0.417 e. The van der Waals surface area contributed by atoms with E-state index in [0.717, 1.165) is 18.6 Å². The predicted molar refractivity (Wildman–Crippen MR) is 73.5 cm³/mol. The molecule has 0 saturated carbocycles. The van der Waals surface area contributed by atoms with Crippen molar-refractivity contribution in [2.24, 2.45) is 11.7 Å². The van der Waals surface area contributed by atoms with Gasteiger partial charge in [0.05, 0.1) is 22.7 Å². The molecule has 0 unspecified atom stereocenters. The first-order chi connectivity index (χ1) is 9.12. The van der Waals surface area contributed by atoms with Gasteiger partial charge in [0.25, 0.3) is 0 Å². The van der Waals surface area contributed by atoms with Crippen LogP contribution in [-0.2, 0) is 6.18 Å². The molecule has 0 saturated heterocycles. The molecular formula is C14H19ClF3NO. The Hall–Kier alpha value is -0.780. The van der Waals surface area contributed by atoms with E-state index in [1.165, 1.54) is 6.07 Å². The highest BCUT2D eigenvalue weighted by Gasteiger charge is 2.34. The van der Waals surface area contributed by atoms with E-state index in [9.17, 15) is 18.3 Å². The van der Waals surface area contributed by atoms with E-state index >= 15 is 0 Å². The number of alkyl halides is 3. The van der Waals surface area contributed by atoms with Crippen molar-refractivity contribution in [1.29, 1.82) is 0 Å². The molecule has 20 heavy (non-hydrogen) atoms. The Morgan fingerprint density at radius 3 is 2.35 bits per heavy atom. The number of aliphatic hydroxyl groups excluding tert-OH is 1. The number of benzene rings is 1. The van der Waals surface area contributed by atoms with Crippen LogP contribution in [0.15, 0.2) is 18.2 Å². The molecule has 0 aliphatic rings. The zero-order valence-corrected chi connectivity index (χ0v) is 12.2. The Kier molecular flexibility index (Phi) is 5.86. The van der Waals surface area contributed by atoms with Gasteiger partial charge in [0, 0.05) is 0 Å². The summed E-state index contributed by atoms with van der Waals surface area (Å²) in [6.45, 7) is 4.00. The molecule has 0 heterocycles. The largest absolute Gasteiger partial charge is 0.417 e. The summed E-state index contributed by atoms with van der Waals surface area (Å²) in [5.41, 5.74) is 5.13. The van der Waals surface area contributed by atoms with Gasteiger partial charge in [-0.1, -0.05) is 31.5 Å². The van der Waals surface area contributed by atoms with Crippen LogP contribution in [0.1, 0.15) is 43.9 Å². The normalized spacial score (nSPS) is 15.4. The van der Waals surface area contributed by atoms with E-state index in [0.29, 0.717) is 12.3 Å². The van der Waals surface area contributed by atoms with Crippen molar-refractivity contribution in [3.63, 3.8) is 0 Å². The molecule has 0 bridgehead atoms. The molecule has 0 spiro atoms. The van der Waals surface area contributed by atoms with Gasteiger partial charge in [-0.2, -0.15) is 13.2 Å². The number of halogens is 4. The van der Waals surface area contributed by atoms with Crippen molar-refractivity contribution in [2.75, 3.05) is 0 Å². The quantitative estimate of drug-likeness (QED) is 0.858. The fraction of sp³-hybridized carbons (Fsp3) is 0.571. The van der Waals surface area contributed by atoms with Gasteiger partial charge in [-0.25, -0.2) is 0 Å². The van der Waals surface area contributed by atoms with Crippen LogP contribution in [0.3, 0.4) is 0 Å². The van der Waals surface area contributed by atoms with E-state index in [1.54, 1.807) is 0 Å². The fourth-order valence-corrected chi connectivity index (χ4v) is 2.10. The van der Waals surface area contributed by atoms with E-state index in [-0.39, 0.29) is 10.6 Å². The van der Waals surface area contributed by atoms with Gasteiger partial charge in [0.15, 0.2) is 0 Å². The minimum atomic E-state index is -4.53. The van der Waals surface area contributed by atoms with Gasteiger partial charge in [0.1, 0.15) is 0 Å². The molecule has 6 heteroatoms. The van der Waals surface area contributed by atoms with Gasteiger partial charge in [-0.15, -0.1) is 0 Å². The maximum atomic E-state index is 12.8.